The third-order valence-corrected chi connectivity index (χ3v) is 5.29. The van der Waals surface area contributed by atoms with Gasteiger partial charge in [-0.05, 0) is 37.3 Å². The Morgan fingerprint density at radius 2 is 1.96 bits per heavy atom. The summed E-state index contributed by atoms with van der Waals surface area (Å²) in [5, 5.41) is 8.23. The van der Waals surface area contributed by atoms with Crippen LogP contribution in [0.3, 0.4) is 0 Å². The third-order valence-electron chi connectivity index (χ3n) is 5.29. The summed E-state index contributed by atoms with van der Waals surface area (Å²) in [4.78, 5) is 15.2. The van der Waals surface area contributed by atoms with Crippen LogP contribution in [0.4, 0.5) is 0 Å². The van der Waals surface area contributed by atoms with Crippen LogP contribution in [-0.4, -0.2) is 52.4 Å². The molecule has 2 saturated heterocycles. The largest absolute Gasteiger partial charge is 0.489 e. The molecule has 2 fully saturated rings. The highest BCUT2D eigenvalue weighted by Crippen LogP contribution is 2.25. The average molecular weight is 405 g/mol. The van der Waals surface area contributed by atoms with Crippen molar-refractivity contribution in [3.63, 3.8) is 0 Å². The van der Waals surface area contributed by atoms with Crippen LogP contribution in [0, 0.1) is 5.92 Å². The first-order valence-electron chi connectivity index (χ1n) is 9.93. The second kappa shape index (κ2) is 8.97. The summed E-state index contributed by atoms with van der Waals surface area (Å²) in [7, 11) is 0. The number of amides is 1. The Morgan fingerprint density at radius 3 is 2.71 bits per heavy atom. The van der Waals surface area contributed by atoms with Crippen molar-refractivity contribution in [2.24, 2.45) is 5.92 Å². The number of carbonyl (C=O) groups is 1. The monoisotopic (exact) mass is 404 g/mol. The van der Waals surface area contributed by atoms with Crippen molar-refractivity contribution in [3.8, 4) is 11.4 Å². The van der Waals surface area contributed by atoms with E-state index < -0.39 is 0 Å². The predicted octanol–water partition coefficient (Wildman–Crippen LogP) is 3.30. The molecule has 4 rings (SSSR count). The van der Waals surface area contributed by atoms with Crippen molar-refractivity contribution < 1.29 is 9.53 Å². The highest BCUT2D eigenvalue weighted by Gasteiger charge is 2.33. The van der Waals surface area contributed by atoms with Crippen molar-refractivity contribution in [1.82, 2.24) is 20.0 Å². The number of hydrogen-bond acceptors (Lipinski definition) is 4. The zero-order valence-corrected chi connectivity index (χ0v) is 17.3. The number of aromatic nitrogens is 2. The number of likely N-dealkylation sites (tertiary alicyclic amines) is 1. The van der Waals surface area contributed by atoms with Gasteiger partial charge in [0.2, 0.25) is 0 Å². The van der Waals surface area contributed by atoms with E-state index in [0.717, 1.165) is 31.6 Å². The minimum atomic E-state index is -0.0298. The molecule has 1 aromatic carbocycles. The Kier molecular flexibility index (Phi) is 6.62. The lowest BCUT2D eigenvalue weighted by Gasteiger charge is -2.23. The van der Waals surface area contributed by atoms with Gasteiger partial charge < -0.3 is 15.0 Å². The van der Waals surface area contributed by atoms with Crippen molar-refractivity contribution >= 4 is 18.3 Å². The van der Waals surface area contributed by atoms with Gasteiger partial charge in [0, 0.05) is 25.2 Å². The maximum atomic E-state index is 13.3. The van der Waals surface area contributed by atoms with E-state index in [-0.39, 0.29) is 18.3 Å². The lowest BCUT2D eigenvalue weighted by atomic mass is 10.1. The van der Waals surface area contributed by atoms with E-state index in [1.165, 1.54) is 6.42 Å². The second-order valence-corrected chi connectivity index (χ2v) is 8.00. The molecule has 28 heavy (non-hydrogen) atoms. The summed E-state index contributed by atoms with van der Waals surface area (Å²) in [6.07, 6.45) is 5.19. The fraction of sp³-hybridized carbons (Fsp3) is 0.524. The molecular formula is C21H29ClN4O2. The van der Waals surface area contributed by atoms with E-state index in [1.54, 1.807) is 4.68 Å². The number of halogens is 1. The normalized spacial score (nSPS) is 21.3. The number of hydrogen-bond donors (Lipinski definition) is 1. The molecule has 2 bridgehead atoms. The maximum Gasteiger partial charge on any atom is 0.278 e. The third kappa shape index (κ3) is 4.50. The first kappa shape index (κ1) is 20.7. The van der Waals surface area contributed by atoms with Gasteiger partial charge in [0.15, 0.2) is 11.4 Å². The van der Waals surface area contributed by atoms with E-state index in [4.69, 9.17) is 4.74 Å². The van der Waals surface area contributed by atoms with Crippen LogP contribution in [0.5, 0.6) is 5.75 Å². The Hall–Kier alpha value is -2.05. The first-order valence-corrected chi connectivity index (χ1v) is 9.93. The van der Waals surface area contributed by atoms with Crippen LogP contribution >= 0.6 is 12.4 Å². The van der Waals surface area contributed by atoms with E-state index >= 15 is 0 Å². The molecule has 3 heterocycles. The Morgan fingerprint density at radius 1 is 1.21 bits per heavy atom. The second-order valence-electron chi connectivity index (χ2n) is 8.00. The van der Waals surface area contributed by atoms with Crippen LogP contribution in [-0.2, 0) is 0 Å². The topological polar surface area (TPSA) is 59.4 Å². The highest BCUT2D eigenvalue weighted by atomic mass is 35.5. The minimum absolute atomic E-state index is 0. The number of ether oxygens (including phenoxy) is 1. The number of para-hydroxylation sites is 1. The van der Waals surface area contributed by atoms with E-state index in [2.05, 4.69) is 24.3 Å². The maximum absolute atomic E-state index is 13.3. The SMILES string of the molecule is CC(C)COc1cn(-c2ccccc2)nc1C(=O)N1CCC2CCC(C1)N2.Cl. The molecule has 2 aliphatic heterocycles. The average Bonchev–Trinajstić information content (AvgIpc) is 3.23. The van der Waals surface area contributed by atoms with Gasteiger partial charge in [-0.3, -0.25) is 4.79 Å². The van der Waals surface area contributed by atoms with Crippen molar-refractivity contribution in [2.45, 2.75) is 45.2 Å². The van der Waals surface area contributed by atoms with Gasteiger partial charge >= 0.3 is 0 Å². The van der Waals surface area contributed by atoms with Crippen LogP contribution in [0.25, 0.3) is 5.69 Å². The number of carbonyl (C=O) groups excluding carboxylic acids is 1. The van der Waals surface area contributed by atoms with E-state index in [0.29, 0.717) is 36.1 Å². The zero-order chi connectivity index (χ0) is 18.8. The lowest BCUT2D eigenvalue weighted by Crippen LogP contribution is -2.39. The summed E-state index contributed by atoms with van der Waals surface area (Å²) in [6.45, 7) is 6.28. The van der Waals surface area contributed by atoms with Gasteiger partial charge in [-0.15, -0.1) is 12.4 Å². The van der Waals surface area contributed by atoms with Crippen LogP contribution in [0.15, 0.2) is 36.5 Å². The summed E-state index contributed by atoms with van der Waals surface area (Å²) in [6, 6.07) is 10.8. The van der Waals surface area contributed by atoms with Crippen molar-refractivity contribution in [2.75, 3.05) is 19.7 Å². The molecule has 7 heteroatoms. The molecule has 6 nitrogen and oxygen atoms in total. The number of nitrogens with one attached hydrogen (secondary N) is 1. The van der Waals surface area contributed by atoms with Gasteiger partial charge in [-0.1, -0.05) is 32.0 Å². The fourth-order valence-electron chi connectivity index (χ4n) is 3.86. The molecule has 1 N–H and O–H groups in total. The molecule has 0 radical (unpaired) electrons. The molecule has 2 unspecified atom stereocenters. The van der Waals surface area contributed by atoms with Gasteiger partial charge in [-0.2, -0.15) is 5.10 Å². The smallest absolute Gasteiger partial charge is 0.278 e. The van der Waals surface area contributed by atoms with Crippen LogP contribution in [0.1, 0.15) is 43.6 Å². The van der Waals surface area contributed by atoms with Crippen LogP contribution in [0.2, 0.25) is 0 Å². The molecule has 1 amide bonds. The number of fused-ring (bicyclic) bond motifs is 2. The molecule has 152 valence electrons. The van der Waals surface area contributed by atoms with Gasteiger partial charge in [-0.25, -0.2) is 4.68 Å². The molecule has 2 atom stereocenters. The van der Waals surface area contributed by atoms with Gasteiger partial charge in [0.1, 0.15) is 0 Å². The number of benzene rings is 1. The summed E-state index contributed by atoms with van der Waals surface area (Å²) < 4.78 is 7.70. The molecule has 0 aliphatic carbocycles. The number of nitrogens with zero attached hydrogens (tertiary/aromatic N) is 3. The first-order chi connectivity index (χ1) is 13.1. The Bertz CT molecular complexity index is 793. The fourth-order valence-corrected chi connectivity index (χ4v) is 3.86. The molecular weight excluding hydrogens is 376 g/mol. The molecule has 0 saturated carbocycles. The summed E-state index contributed by atoms with van der Waals surface area (Å²) in [5.74, 6) is 0.920. The highest BCUT2D eigenvalue weighted by molar-refractivity contribution is 5.95. The lowest BCUT2D eigenvalue weighted by molar-refractivity contribution is 0.0736. The Labute approximate surface area is 172 Å². The quantitative estimate of drug-likeness (QED) is 0.830. The standard InChI is InChI=1S/C21H28N4O2.ClH/c1-15(2)14-27-19-13-25(18-6-4-3-5-7-18)23-20(19)21(26)24-11-10-16-8-9-17(12-24)22-16;/h3-7,13,15-17,22H,8-12,14H2,1-2H3;1H. The molecule has 1 aromatic heterocycles. The predicted molar refractivity (Wildman–Crippen MR) is 112 cm³/mol. The molecule has 0 spiro atoms. The van der Waals surface area contributed by atoms with Crippen molar-refractivity contribution in [3.05, 3.63) is 42.2 Å². The Balaban J connectivity index is 0.00000225. The summed E-state index contributed by atoms with van der Waals surface area (Å²) in [5.41, 5.74) is 1.33. The summed E-state index contributed by atoms with van der Waals surface area (Å²) >= 11 is 0. The zero-order valence-electron chi connectivity index (χ0n) is 16.5. The minimum Gasteiger partial charge on any atom is -0.489 e. The molecule has 2 aliphatic rings. The van der Waals surface area contributed by atoms with Crippen LogP contribution < -0.4 is 10.1 Å². The number of rotatable bonds is 5. The van der Waals surface area contributed by atoms with E-state index in [9.17, 15) is 4.79 Å². The molecule has 2 aromatic rings. The van der Waals surface area contributed by atoms with Crippen molar-refractivity contribution in [1.29, 1.82) is 0 Å². The van der Waals surface area contributed by atoms with Gasteiger partial charge in [0.25, 0.3) is 5.91 Å². The van der Waals surface area contributed by atoms with Gasteiger partial charge in [0.05, 0.1) is 18.5 Å². The van der Waals surface area contributed by atoms with E-state index in [1.807, 2.05) is 41.4 Å².